The molecule has 3 fully saturated rings. The van der Waals surface area contributed by atoms with Gasteiger partial charge in [-0.15, -0.1) is 0 Å². The van der Waals surface area contributed by atoms with Crippen molar-refractivity contribution in [3.63, 3.8) is 0 Å². The normalized spacial score (nSPS) is 32.8. The number of aliphatic hydroxyl groups excluding tert-OH is 1. The third-order valence-electron chi connectivity index (χ3n) is 18.6. The van der Waals surface area contributed by atoms with E-state index in [0.29, 0.717) is 61.8 Å². The number of aliphatic hydroxyl groups is 2. The number of phenols is 1. The number of nitrogens with two attached hydrogens (primary N) is 2. The predicted molar refractivity (Wildman–Crippen MR) is 279 cm³/mol. The summed E-state index contributed by atoms with van der Waals surface area (Å²) in [4.78, 5) is 5.12. The molecule has 0 amide bonds. The maximum Gasteiger partial charge on any atom is 0.268 e. The van der Waals surface area contributed by atoms with E-state index in [1.807, 2.05) is 42.5 Å². The Morgan fingerprint density at radius 2 is 1.71 bits per heavy atom. The molecule has 0 radical (unpaired) electrons. The Balaban J connectivity index is 1.10. The minimum absolute atomic E-state index is 0.0651. The molecule has 1 spiro atoms. The lowest BCUT2D eigenvalue weighted by Gasteiger charge is -2.42. The molecule has 4 aromatic rings. The van der Waals surface area contributed by atoms with Gasteiger partial charge in [0.2, 0.25) is 5.72 Å². The van der Waals surface area contributed by atoms with Crippen molar-refractivity contribution in [2.45, 2.75) is 150 Å². The molecular formula is C60H71N3O8S. The van der Waals surface area contributed by atoms with E-state index >= 15 is 0 Å². The highest BCUT2D eigenvalue weighted by atomic mass is 32.2. The number of hydrogen-bond acceptors (Lipinski definition) is 8. The monoisotopic (exact) mass is 993 g/mol. The van der Waals surface area contributed by atoms with Crippen molar-refractivity contribution in [2.75, 3.05) is 6.61 Å². The lowest BCUT2D eigenvalue weighted by Crippen LogP contribution is -2.45. The minimum Gasteiger partial charge on any atom is -0.508 e. The predicted octanol–water partition coefficient (Wildman–Crippen LogP) is 9.88. The van der Waals surface area contributed by atoms with E-state index in [1.54, 1.807) is 12.1 Å². The fourth-order valence-electron chi connectivity index (χ4n) is 15.1. The van der Waals surface area contributed by atoms with Crippen LogP contribution in [0, 0.1) is 46.8 Å². The second-order valence-electron chi connectivity index (χ2n) is 23.1. The molecule has 2 saturated carbocycles. The van der Waals surface area contributed by atoms with Gasteiger partial charge in [-0.2, -0.15) is 8.42 Å². The highest BCUT2D eigenvalue weighted by Crippen LogP contribution is 2.59. The van der Waals surface area contributed by atoms with Crippen LogP contribution in [0.1, 0.15) is 154 Å². The van der Waals surface area contributed by atoms with Crippen molar-refractivity contribution in [2.24, 2.45) is 51.5 Å². The molecule has 12 unspecified atom stereocenters. The van der Waals surface area contributed by atoms with Gasteiger partial charge in [0, 0.05) is 42.1 Å². The molecule has 72 heavy (non-hydrogen) atoms. The summed E-state index contributed by atoms with van der Waals surface area (Å²) in [5.74, 6) is 5.38. The SMILES string of the molecule is CC1CCc2cc3ccc2C1CC(S(=O)(=O)O)C1C=C2CC(CC4CC(CO)CC#Cc5cc(O)ccc5C2O4)C1c1ccc(cc1)C(CC(Cc1ccccc1)C1(O)CCC2(CCCC2)C1)(N=C(N)N)O3. The topological polar surface area (TPSA) is 198 Å². The number of aliphatic imine (C=N–C) groups is 1. The van der Waals surface area contributed by atoms with Gasteiger partial charge in [-0.05, 0) is 170 Å². The summed E-state index contributed by atoms with van der Waals surface area (Å²) in [5, 5.41) is 33.3. The Hall–Kier alpha value is -5.16. The number of nitrogens with zero attached hydrogens (tertiary/aromatic N) is 1. The summed E-state index contributed by atoms with van der Waals surface area (Å²) < 4.78 is 54.9. The summed E-state index contributed by atoms with van der Waals surface area (Å²) in [6.45, 7) is 2.12. The molecule has 8 N–H and O–H groups in total. The van der Waals surface area contributed by atoms with Crippen LogP contribution in [-0.2, 0) is 33.4 Å². The van der Waals surface area contributed by atoms with Gasteiger partial charge in [0.1, 0.15) is 17.6 Å². The molecular weight excluding hydrogens is 923 g/mol. The van der Waals surface area contributed by atoms with E-state index < -0.39 is 38.7 Å². The maximum atomic E-state index is 14.4. The lowest BCUT2D eigenvalue weighted by atomic mass is 9.64. The number of phenolic OH excluding ortho intramolecular Hbond substituents is 1. The van der Waals surface area contributed by atoms with E-state index in [-0.39, 0.29) is 78.2 Å². The van der Waals surface area contributed by atoms with Gasteiger partial charge in [-0.3, -0.25) is 4.55 Å². The number of ether oxygens (including phenoxy) is 2. The number of aryl methyl sites for hydroxylation is 1. The number of aromatic hydroxyl groups is 1. The molecule has 10 bridgehead atoms. The van der Waals surface area contributed by atoms with Crippen LogP contribution in [0.25, 0.3) is 0 Å². The molecule has 5 aliphatic heterocycles. The van der Waals surface area contributed by atoms with Crippen molar-refractivity contribution in [3.05, 3.63) is 142 Å². The van der Waals surface area contributed by atoms with Crippen LogP contribution in [0.2, 0.25) is 0 Å². The molecule has 12 heteroatoms. The molecule has 4 aromatic carbocycles. The van der Waals surface area contributed by atoms with Gasteiger partial charge in [-0.25, -0.2) is 4.99 Å². The maximum absolute atomic E-state index is 14.4. The standard InChI is InChI=1S/C60H71N3O8S/c1-37-12-13-42-30-48-19-21-50(42)52(37)33-54(72(67,68)69)53-32-44-28-43(31-49-27-39(35-64)10-7-11-41-29-47(65)18-20-51(41)56(44)70-49)55(53)40-14-16-45(17-15-40)60(71-48,63-57(61)62)34-46(26-38-8-3-2-4-9-38)59(66)25-24-58(36-59)22-5-6-23-58/h2-4,8-9,14-21,29-30,32,37,39,43,46,49,52-56,64-66H,5-6,10,12-13,22-28,31,33-36H2,1H3,(H4,61,62,63)(H,67,68,69). The van der Waals surface area contributed by atoms with Crippen LogP contribution >= 0.6 is 0 Å². The minimum atomic E-state index is -4.67. The first-order valence-electron chi connectivity index (χ1n) is 26.6. The molecule has 11 nitrogen and oxygen atoms in total. The van der Waals surface area contributed by atoms with Crippen molar-refractivity contribution >= 4 is 16.1 Å². The van der Waals surface area contributed by atoms with Crippen molar-refractivity contribution in [1.29, 1.82) is 0 Å². The van der Waals surface area contributed by atoms with Gasteiger partial charge < -0.3 is 36.3 Å². The summed E-state index contributed by atoms with van der Waals surface area (Å²) in [6, 6.07) is 29.8. The third-order valence-corrected chi connectivity index (χ3v) is 19.9. The fraction of sp³-hybridized carbons (Fsp3) is 0.517. The van der Waals surface area contributed by atoms with Crippen LogP contribution < -0.4 is 16.2 Å². The smallest absolute Gasteiger partial charge is 0.268 e. The Morgan fingerprint density at radius 1 is 0.931 bits per heavy atom. The number of benzene rings is 4. The van der Waals surface area contributed by atoms with Gasteiger partial charge in [0.25, 0.3) is 10.1 Å². The van der Waals surface area contributed by atoms with Crippen molar-refractivity contribution in [3.8, 4) is 23.3 Å². The quantitative estimate of drug-likeness (QED) is 0.0325. The average Bonchev–Trinajstić information content (AvgIpc) is 3.92. The van der Waals surface area contributed by atoms with E-state index in [9.17, 15) is 28.3 Å². The van der Waals surface area contributed by atoms with Gasteiger partial charge in [0.05, 0.1) is 17.0 Å². The summed E-state index contributed by atoms with van der Waals surface area (Å²) >= 11 is 0. The molecule has 12 atom stereocenters. The van der Waals surface area contributed by atoms with Crippen LogP contribution in [-0.4, -0.2) is 57.8 Å². The van der Waals surface area contributed by atoms with E-state index in [4.69, 9.17) is 25.9 Å². The first-order chi connectivity index (χ1) is 34.6. The second-order valence-corrected chi connectivity index (χ2v) is 24.8. The first kappa shape index (κ1) is 49.1. The highest BCUT2D eigenvalue weighted by molar-refractivity contribution is 7.86. The summed E-state index contributed by atoms with van der Waals surface area (Å²) in [5.41, 5.74) is 17.8. The summed E-state index contributed by atoms with van der Waals surface area (Å²) in [6.07, 6.45) is 13.0. The first-order valence-corrected chi connectivity index (χ1v) is 28.1. The molecule has 4 aliphatic carbocycles. The average molecular weight is 994 g/mol. The van der Waals surface area contributed by atoms with E-state index in [1.165, 1.54) is 12.8 Å². The Bertz CT molecular complexity index is 2900. The number of rotatable bonds is 8. The molecule has 5 heterocycles. The highest BCUT2D eigenvalue weighted by Gasteiger charge is 2.55. The van der Waals surface area contributed by atoms with Crippen molar-refractivity contribution < 1.29 is 37.8 Å². The summed E-state index contributed by atoms with van der Waals surface area (Å²) in [7, 11) is -4.67. The number of allylic oxidation sites excluding steroid dienone is 1. The van der Waals surface area contributed by atoms with Gasteiger partial charge in [-0.1, -0.05) is 104 Å². The number of guanidine groups is 1. The van der Waals surface area contributed by atoms with Crippen LogP contribution in [0.5, 0.6) is 11.5 Å². The second kappa shape index (κ2) is 19.3. The third kappa shape index (κ3) is 9.49. The Morgan fingerprint density at radius 3 is 2.46 bits per heavy atom. The van der Waals surface area contributed by atoms with Crippen LogP contribution in [0.4, 0.5) is 0 Å². The zero-order valence-corrected chi connectivity index (χ0v) is 42.3. The molecule has 1 saturated heterocycles. The van der Waals surface area contributed by atoms with E-state index in [0.717, 1.165) is 65.5 Å². The van der Waals surface area contributed by atoms with Crippen molar-refractivity contribution in [1.82, 2.24) is 0 Å². The lowest BCUT2D eigenvalue weighted by molar-refractivity contribution is -0.0598. The molecule has 0 aromatic heterocycles. The van der Waals surface area contributed by atoms with Crippen LogP contribution in [0.3, 0.4) is 0 Å². The molecule has 380 valence electrons. The van der Waals surface area contributed by atoms with Gasteiger partial charge >= 0.3 is 0 Å². The molecule has 9 aliphatic rings. The fourth-order valence-corrected chi connectivity index (χ4v) is 16.2. The number of fused-ring (bicyclic) bond motifs is 9. The molecule has 13 rings (SSSR count). The van der Waals surface area contributed by atoms with Gasteiger partial charge in [0.15, 0.2) is 5.96 Å². The Labute approximate surface area is 425 Å². The zero-order chi connectivity index (χ0) is 50.0. The van der Waals surface area contributed by atoms with Crippen LogP contribution in [0.15, 0.2) is 108 Å². The number of hydrogen-bond donors (Lipinski definition) is 6. The zero-order valence-electron chi connectivity index (χ0n) is 41.5. The largest absolute Gasteiger partial charge is 0.508 e. The van der Waals surface area contributed by atoms with E-state index in [2.05, 4.69) is 61.2 Å². The Kier molecular flexibility index (Phi) is 13.1.